The van der Waals surface area contributed by atoms with Crippen molar-refractivity contribution < 1.29 is 4.42 Å². The molecule has 0 unspecified atom stereocenters. The number of nitrogens with zero attached hydrogens (tertiary/aromatic N) is 2. The van der Waals surface area contributed by atoms with Crippen molar-refractivity contribution in [1.82, 2.24) is 4.98 Å². The Bertz CT molecular complexity index is 2790. The number of fused-ring (bicyclic) bond motifs is 7. The third-order valence-electron chi connectivity index (χ3n) is 9.07. The maximum atomic E-state index is 6.28. The third kappa shape index (κ3) is 4.43. The first kappa shape index (κ1) is 27.4. The first-order valence-corrected chi connectivity index (χ1v) is 17.6. The fourth-order valence-electron chi connectivity index (χ4n) is 6.85. The number of thiophene rings is 2. The van der Waals surface area contributed by atoms with Gasteiger partial charge in [-0.3, -0.25) is 0 Å². The lowest BCUT2D eigenvalue weighted by atomic mass is 10.0. The van der Waals surface area contributed by atoms with E-state index in [0.717, 1.165) is 33.7 Å². The molecule has 0 spiro atoms. The Hall–Kier alpha value is -5.75. The van der Waals surface area contributed by atoms with Crippen molar-refractivity contribution in [2.75, 3.05) is 4.90 Å². The van der Waals surface area contributed by atoms with Crippen LogP contribution in [0.3, 0.4) is 0 Å². The molecule has 10 aromatic rings. The van der Waals surface area contributed by atoms with Crippen LogP contribution in [0.1, 0.15) is 0 Å². The van der Waals surface area contributed by atoms with Crippen molar-refractivity contribution in [2.24, 2.45) is 0 Å². The van der Waals surface area contributed by atoms with Gasteiger partial charge in [-0.15, -0.1) is 22.7 Å². The molecule has 0 amide bonds. The number of anilines is 3. The zero-order valence-corrected chi connectivity index (χ0v) is 27.3. The van der Waals surface area contributed by atoms with Crippen molar-refractivity contribution in [2.45, 2.75) is 0 Å². The number of rotatable bonds is 5. The van der Waals surface area contributed by atoms with Gasteiger partial charge < -0.3 is 9.32 Å². The summed E-state index contributed by atoms with van der Waals surface area (Å²) in [6.07, 6.45) is 0. The van der Waals surface area contributed by atoms with E-state index in [-0.39, 0.29) is 0 Å². The number of hydrogen-bond donors (Lipinski definition) is 0. The summed E-state index contributed by atoms with van der Waals surface area (Å²) in [5.41, 5.74) is 8.38. The van der Waals surface area contributed by atoms with Gasteiger partial charge in [0, 0.05) is 63.3 Å². The predicted octanol–water partition coefficient (Wildman–Crippen LogP) is 13.4. The number of aromatic nitrogens is 1. The van der Waals surface area contributed by atoms with Crippen molar-refractivity contribution in [3.63, 3.8) is 0 Å². The van der Waals surface area contributed by atoms with Crippen LogP contribution < -0.4 is 4.90 Å². The molecule has 0 aliphatic rings. The monoisotopic (exact) mass is 650 g/mol. The molecule has 7 aromatic carbocycles. The van der Waals surface area contributed by atoms with Crippen LogP contribution in [0.4, 0.5) is 17.1 Å². The maximum absolute atomic E-state index is 6.28. The highest BCUT2D eigenvalue weighted by molar-refractivity contribution is 7.26. The smallest absolute Gasteiger partial charge is 0.227 e. The molecule has 0 bridgehead atoms. The molecule has 0 aliphatic carbocycles. The van der Waals surface area contributed by atoms with Gasteiger partial charge in [0.15, 0.2) is 5.58 Å². The second-order valence-electron chi connectivity index (χ2n) is 12.0. The van der Waals surface area contributed by atoms with E-state index < -0.39 is 0 Å². The summed E-state index contributed by atoms with van der Waals surface area (Å²) in [6.45, 7) is 0. The highest BCUT2D eigenvalue weighted by atomic mass is 32.1. The molecule has 0 atom stereocenters. The first-order chi connectivity index (χ1) is 23.8. The van der Waals surface area contributed by atoms with E-state index in [1.807, 2.05) is 41.7 Å². The third-order valence-corrected chi connectivity index (χ3v) is 11.3. The van der Waals surface area contributed by atoms with Crippen molar-refractivity contribution >= 4 is 91.2 Å². The molecule has 226 valence electrons. The van der Waals surface area contributed by atoms with Gasteiger partial charge in [-0.05, 0) is 77.9 Å². The van der Waals surface area contributed by atoms with Crippen LogP contribution in [-0.2, 0) is 0 Å². The van der Waals surface area contributed by atoms with Gasteiger partial charge in [-0.25, -0.2) is 4.98 Å². The SMILES string of the molecule is c1ccc(-c2cccc(N(c3ccc4sc5ccccc5c4c3)c3cccc4sc5cc6oc(-c7ccccc7)nc6cc5c34)c2)cc1. The van der Waals surface area contributed by atoms with Crippen molar-refractivity contribution in [3.05, 3.63) is 158 Å². The van der Waals surface area contributed by atoms with Crippen LogP contribution in [0.25, 0.3) is 74.0 Å². The fraction of sp³-hybridized carbons (Fsp3) is 0. The zero-order valence-electron chi connectivity index (χ0n) is 25.6. The molecular formula is C43H26N2OS2. The van der Waals surface area contributed by atoms with Gasteiger partial charge in [-0.2, -0.15) is 0 Å². The molecule has 0 aliphatic heterocycles. The minimum Gasteiger partial charge on any atom is -0.436 e. The summed E-state index contributed by atoms with van der Waals surface area (Å²) in [6, 6.07) is 56.2. The topological polar surface area (TPSA) is 29.3 Å². The van der Waals surface area contributed by atoms with Gasteiger partial charge in [0.2, 0.25) is 5.89 Å². The quantitative estimate of drug-likeness (QED) is 0.186. The van der Waals surface area contributed by atoms with E-state index in [1.54, 1.807) is 11.3 Å². The van der Waals surface area contributed by atoms with Crippen LogP contribution in [0, 0.1) is 0 Å². The van der Waals surface area contributed by atoms with Crippen LogP contribution in [0.5, 0.6) is 0 Å². The Morgan fingerprint density at radius 3 is 2.02 bits per heavy atom. The summed E-state index contributed by atoms with van der Waals surface area (Å²) in [5, 5.41) is 4.96. The molecule has 0 saturated carbocycles. The van der Waals surface area contributed by atoms with Crippen LogP contribution >= 0.6 is 22.7 Å². The molecule has 3 nitrogen and oxygen atoms in total. The van der Waals surface area contributed by atoms with Gasteiger partial charge in [0.1, 0.15) is 5.52 Å². The van der Waals surface area contributed by atoms with Gasteiger partial charge in [0.05, 0.1) is 5.69 Å². The molecule has 48 heavy (non-hydrogen) atoms. The summed E-state index contributed by atoms with van der Waals surface area (Å²) < 4.78 is 11.3. The Kier molecular flexibility index (Phi) is 6.22. The molecule has 0 radical (unpaired) electrons. The highest BCUT2D eigenvalue weighted by Crippen LogP contribution is 2.47. The normalized spacial score (nSPS) is 11.8. The molecule has 0 saturated heterocycles. The van der Waals surface area contributed by atoms with Crippen LogP contribution in [0.2, 0.25) is 0 Å². The van der Waals surface area contributed by atoms with Crippen LogP contribution in [-0.4, -0.2) is 4.98 Å². The highest BCUT2D eigenvalue weighted by Gasteiger charge is 2.21. The van der Waals surface area contributed by atoms with E-state index >= 15 is 0 Å². The Balaban J connectivity index is 1.23. The predicted molar refractivity (Wildman–Crippen MR) is 205 cm³/mol. The number of benzene rings is 7. The van der Waals surface area contributed by atoms with Crippen LogP contribution in [0.15, 0.2) is 162 Å². The number of hydrogen-bond acceptors (Lipinski definition) is 5. The first-order valence-electron chi connectivity index (χ1n) is 15.9. The standard InChI is InChI=1S/C43H26N2OS2/c1-3-11-27(12-4-1)29-15-9-16-30(23-29)45(31-21-22-39-33(24-31)32-17-7-8-19-38(32)47-39)36-18-10-20-40-42(36)34-25-35-37(26-41(34)48-40)46-43(44-35)28-13-5-2-6-14-28/h1-26H. The van der Waals surface area contributed by atoms with Crippen molar-refractivity contribution in [3.8, 4) is 22.6 Å². The van der Waals surface area contributed by atoms with Crippen molar-refractivity contribution in [1.29, 1.82) is 0 Å². The molecule has 3 aromatic heterocycles. The Morgan fingerprint density at radius 2 is 1.15 bits per heavy atom. The molecule has 0 fully saturated rings. The van der Waals surface area contributed by atoms with Gasteiger partial charge in [-0.1, -0.05) is 84.9 Å². The summed E-state index contributed by atoms with van der Waals surface area (Å²) in [5.74, 6) is 0.642. The molecule has 0 N–H and O–H groups in total. The van der Waals surface area contributed by atoms with E-state index in [9.17, 15) is 0 Å². The summed E-state index contributed by atoms with van der Waals surface area (Å²) in [7, 11) is 0. The fourth-order valence-corrected chi connectivity index (χ4v) is 9.08. The molecular weight excluding hydrogens is 625 g/mol. The largest absolute Gasteiger partial charge is 0.436 e. The molecule has 10 rings (SSSR count). The Labute approximate surface area is 284 Å². The molecule has 5 heteroatoms. The number of oxazole rings is 1. The maximum Gasteiger partial charge on any atom is 0.227 e. The minimum atomic E-state index is 0.642. The van der Waals surface area contributed by atoms with E-state index in [2.05, 4.69) is 132 Å². The zero-order chi connectivity index (χ0) is 31.6. The van der Waals surface area contributed by atoms with Gasteiger partial charge in [0.25, 0.3) is 0 Å². The second kappa shape index (κ2) is 10.9. The lowest BCUT2D eigenvalue weighted by molar-refractivity contribution is 0.620. The van der Waals surface area contributed by atoms with E-state index in [4.69, 9.17) is 9.40 Å². The average Bonchev–Trinajstić information content (AvgIpc) is 3.84. The lowest BCUT2D eigenvalue weighted by Gasteiger charge is -2.27. The minimum absolute atomic E-state index is 0.642. The van der Waals surface area contributed by atoms with E-state index in [1.165, 1.54) is 51.5 Å². The van der Waals surface area contributed by atoms with E-state index in [0.29, 0.717) is 5.89 Å². The Morgan fingerprint density at radius 1 is 0.458 bits per heavy atom. The summed E-state index contributed by atoms with van der Waals surface area (Å²) in [4.78, 5) is 7.36. The average molecular weight is 651 g/mol. The molecule has 3 heterocycles. The lowest BCUT2D eigenvalue weighted by Crippen LogP contribution is -2.10. The van der Waals surface area contributed by atoms with Gasteiger partial charge >= 0.3 is 0 Å². The second-order valence-corrected chi connectivity index (χ2v) is 14.2. The summed E-state index contributed by atoms with van der Waals surface area (Å²) >= 11 is 3.64.